The third kappa shape index (κ3) is 1.44. The monoisotopic (exact) mass is 152 g/mol. The summed E-state index contributed by atoms with van der Waals surface area (Å²) < 4.78 is 37.5. The molecule has 1 aliphatic carbocycles. The molecule has 0 radical (unpaired) electrons. The summed E-state index contributed by atoms with van der Waals surface area (Å²) in [4.78, 5) is 0. The molecule has 0 N–H and O–H groups in total. The van der Waals surface area contributed by atoms with Crippen molar-refractivity contribution in [1.29, 1.82) is 0 Å². The standard InChI is InChI=1S/C7H11F3/c1-4-2-5(8)3-6(9)7(4)10/h4-7H,2-3H2,1H3. The topological polar surface area (TPSA) is 0 Å². The van der Waals surface area contributed by atoms with Gasteiger partial charge in [0.25, 0.3) is 0 Å². The van der Waals surface area contributed by atoms with Crippen molar-refractivity contribution < 1.29 is 13.2 Å². The van der Waals surface area contributed by atoms with Crippen molar-refractivity contribution in [2.75, 3.05) is 0 Å². The molecule has 1 fully saturated rings. The fourth-order valence-corrected chi connectivity index (χ4v) is 1.36. The zero-order valence-electron chi connectivity index (χ0n) is 5.86. The molecule has 1 saturated carbocycles. The van der Waals surface area contributed by atoms with Crippen LogP contribution in [0.5, 0.6) is 0 Å². The summed E-state index contributed by atoms with van der Waals surface area (Å²) in [5.41, 5.74) is 0. The molecule has 60 valence electrons. The minimum absolute atomic E-state index is 0.168. The molecule has 0 bridgehead atoms. The van der Waals surface area contributed by atoms with E-state index in [4.69, 9.17) is 0 Å². The number of halogens is 3. The molecule has 0 heterocycles. The van der Waals surface area contributed by atoms with Gasteiger partial charge in [-0.25, -0.2) is 13.2 Å². The molecule has 0 aliphatic heterocycles. The van der Waals surface area contributed by atoms with E-state index in [9.17, 15) is 13.2 Å². The van der Waals surface area contributed by atoms with Crippen molar-refractivity contribution >= 4 is 0 Å². The van der Waals surface area contributed by atoms with Gasteiger partial charge in [0.2, 0.25) is 0 Å². The fourth-order valence-electron chi connectivity index (χ4n) is 1.36. The Labute approximate surface area is 58.4 Å². The average Bonchev–Trinajstić information content (AvgIpc) is 1.82. The summed E-state index contributed by atoms with van der Waals surface area (Å²) >= 11 is 0. The predicted molar refractivity (Wildman–Crippen MR) is 33.1 cm³/mol. The first-order valence-electron chi connectivity index (χ1n) is 3.53. The van der Waals surface area contributed by atoms with E-state index in [1.807, 2.05) is 0 Å². The fraction of sp³-hybridized carbons (Fsp3) is 1.00. The summed E-state index contributed by atoms with van der Waals surface area (Å²) in [6.07, 6.45) is -4.27. The maximum Gasteiger partial charge on any atom is 0.134 e. The van der Waals surface area contributed by atoms with Crippen molar-refractivity contribution in [1.82, 2.24) is 0 Å². The third-order valence-electron chi connectivity index (χ3n) is 2.00. The normalized spacial score (nSPS) is 49.2. The molecule has 0 nitrogen and oxygen atoms in total. The van der Waals surface area contributed by atoms with Gasteiger partial charge in [0, 0.05) is 6.42 Å². The van der Waals surface area contributed by atoms with Crippen molar-refractivity contribution in [2.24, 2.45) is 5.92 Å². The Morgan fingerprint density at radius 1 is 1.10 bits per heavy atom. The van der Waals surface area contributed by atoms with Gasteiger partial charge in [-0.15, -0.1) is 0 Å². The summed E-state index contributed by atoms with van der Waals surface area (Å²) in [5, 5.41) is 0. The number of rotatable bonds is 0. The number of hydrogen-bond acceptors (Lipinski definition) is 0. The van der Waals surface area contributed by atoms with Crippen LogP contribution in [0.4, 0.5) is 13.2 Å². The van der Waals surface area contributed by atoms with Crippen LogP contribution in [-0.2, 0) is 0 Å². The molecule has 3 heteroatoms. The van der Waals surface area contributed by atoms with Crippen LogP contribution in [0.1, 0.15) is 19.8 Å². The predicted octanol–water partition coefficient (Wildman–Crippen LogP) is 2.43. The zero-order valence-corrected chi connectivity index (χ0v) is 5.86. The van der Waals surface area contributed by atoms with Gasteiger partial charge in [0.05, 0.1) is 0 Å². The maximum absolute atomic E-state index is 12.6. The van der Waals surface area contributed by atoms with E-state index in [-0.39, 0.29) is 12.8 Å². The molecule has 0 saturated heterocycles. The van der Waals surface area contributed by atoms with Gasteiger partial charge in [-0.3, -0.25) is 0 Å². The Morgan fingerprint density at radius 3 is 2.20 bits per heavy atom. The molecule has 0 amide bonds. The van der Waals surface area contributed by atoms with Gasteiger partial charge in [-0.05, 0) is 12.3 Å². The van der Waals surface area contributed by atoms with Gasteiger partial charge in [-0.2, -0.15) is 0 Å². The minimum Gasteiger partial charge on any atom is -0.247 e. The van der Waals surface area contributed by atoms with Crippen LogP contribution in [-0.4, -0.2) is 18.5 Å². The van der Waals surface area contributed by atoms with Crippen LogP contribution in [0.15, 0.2) is 0 Å². The smallest absolute Gasteiger partial charge is 0.134 e. The molecule has 0 spiro atoms. The van der Waals surface area contributed by atoms with Gasteiger partial charge in [-0.1, -0.05) is 6.92 Å². The molecule has 0 aromatic heterocycles. The van der Waals surface area contributed by atoms with Crippen LogP contribution in [0.3, 0.4) is 0 Å². The van der Waals surface area contributed by atoms with E-state index < -0.39 is 24.4 Å². The Balaban J connectivity index is 2.49. The molecule has 0 aromatic carbocycles. The minimum atomic E-state index is -1.58. The highest BCUT2D eigenvalue weighted by atomic mass is 19.2. The first-order valence-corrected chi connectivity index (χ1v) is 3.53. The summed E-state index contributed by atoms with van der Waals surface area (Å²) in [6.45, 7) is 1.54. The van der Waals surface area contributed by atoms with E-state index in [1.165, 1.54) is 0 Å². The Hall–Kier alpha value is -0.210. The van der Waals surface area contributed by atoms with Gasteiger partial charge in [0.1, 0.15) is 18.5 Å². The average molecular weight is 152 g/mol. The second-order valence-electron chi connectivity index (χ2n) is 3.01. The van der Waals surface area contributed by atoms with Crippen molar-refractivity contribution in [3.63, 3.8) is 0 Å². The van der Waals surface area contributed by atoms with Crippen LogP contribution in [0.2, 0.25) is 0 Å². The van der Waals surface area contributed by atoms with Gasteiger partial charge < -0.3 is 0 Å². The lowest BCUT2D eigenvalue weighted by Crippen LogP contribution is -2.34. The number of alkyl halides is 3. The molecular formula is C7H11F3. The second-order valence-corrected chi connectivity index (χ2v) is 3.01. The van der Waals surface area contributed by atoms with E-state index in [2.05, 4.69) is 0 Å². The van der Waals surface area contributed by atoms with Crippen LogP contribution in [0, 0.1) is 5.92 Å². The Kier molecular flexibility index (Phi) is 2.21. The van der Waals surface area contributed by atoms with Crippen molar-refractivity contribution in [3.05, 3.63) is 0 Å². The van der Waals surface area contributed by atoms with Gasteiger partial charge in [0.15, 0.2) is 0 Å². The molecule has 1 aliphatic rings. The van der Waals surface area contributed by atoms with Gasteiger partial charge >= 0.3 is 0 Å². The molecule has 4 unspecified atom stereocenters. The first kappa shape index (κ1) is 7.89. The summed E-state index contributed by atoms with van der Waals surface area (Å²) in [5.74, 6) is -0.459. The maximum atomic E-state index is 12.6. The lowest BCUT2D eigenvalue weighted by atomic mass is 9.86. The lowest BCUT2D eigenvalue weighted by Gasteiger charge is -2.27. The number of hydrogen-bond donors (Lipinski definition) is 0. The SMILES string of the molecule is CC1CC(F)CC(F)C1F. The Bertz CT molecular complexity index is 103. The highest BCUT2D eigenvalue weighted by molar-refractivity contribution is 4.84. The third-order valence-corrected chi connectivity index (χ3v) is 2.00. The first-order chi connectivity index (χ1) is 4.61. The summed E-state index contributed by atoms with van der Waals surface area (Å²) in [6, 6.07) is 0. The Morgan fingerprint density at radius 2 is 1.70 bits per heavy atom. The highest BCUT2D eigenvalue weighted by Crippen LogP contribution is 2.30. The zero-order chi connectivity index (χ0) is 7.72. The second kappa shape index (κ2) is 2.81. The van der Waals surface area contributed by atoms with Crippen LogP contribution >= 0.6 is 0 Å². The van der Waals surface area contributed by atoms with Crippen molar-refractivity contribution in [2.45, 2.75) is 38.3 Å². The lowest BCUT2D eigenvalue weighted by molar-refractivity contribution is 0.0327. The highest BCUT2D eigenvalue weighted by Gasteiger charge is 2.35. The molecule has 0 aromatic rings. The van der Waals surface area contributed by atoms with E-state index in [0.717, 1.165) is 0 Å². The molecular weight excluding hydrogens is 141 g/mol. The molecule has 10 heavy (non-hydrogen) atoms. The van der Waals surface area contributed by atoms with E-state index in [0.29, 0.717) is 0 Å². The van der Waals surface area contributed by atoms with E-state index in [1.54, 1.807) is 6.92 Å². The van der Waals surface area contributed by atoms with E-state index >= 15 is 0 Å². The van der Waals surface area contributed by atoms with Crippen LogP contribution < -0.4 is 0 Å². The van der Waals surface area contributed by atoms with Crippen LogP contribution in [0.25, 0.3) is 0 Å². The summed E-state index contributed by atoms with van der Waals surface area (Å²) in [7, 11) is 0. The van der Waals surface area contributed by atoms with Crippen molar-refractivity contribution in [3.8, 4) is 0 Å². The largest absolute Gasteiger partial charge is 0.247 e. The molecule has 4 atom stereocenters. The molecule has 1 rings (SSSR count). The quantitative estimate of drug-likeness (QED) is 0.500.